The minimum Gasteiger partial charge on any atom is -0.478 e. The molecule has 0 aliphatic heterocycles. The van der Waals surface area contributed by atoms with Crippen molar-refractivity contribution in [1.82, 2.24) is 0 Å². The predicted molar refractivity (Wildman–Crippen MR) is 88.5 cm³/mol. The van der Waals surface area contributed by atoms with E-state index in [-0.39, 0.29) is 16.7 Å². The number of hydrogen-bond donors (Lipinski definition) is 2. The zero-order valence-corrected chi connectivity index (χ0v) is 13.9. The smallest absolute Gasteiger partial charge is 0.337 e. The quantitative estimate of drug-likeness (QED) is 0.889. The number of aromatic carboxylic acids is 1. The Labute approximate surface area is 136 Å². The molecule has 0 radical (unpaired) electrons. The maximum absolute atomic E-state index is 13.3. The highest BCUT2D eigenvalue weighted by Gasteiger charge is 2.16. The largest absolute Gasteiger partial charge is 0.478 e. The fourth-order valence-electron chi connectivity index (χ4n) is 2.02. The molecule has 0 saturated heterocycles. The average Bonchev–Trinajstić information content (AvgIpc) is 2.46. The second kappa shape index (κ2) is 6.50. The molecule has 122 valence electrons. The molecule has 0 heterocycles. The first-order valence-electron chi connectivity index (χ1n) is 7.00. The van der Waals surface area contributed by atoms with Crippen LogP contribution in [0, 0.1) is 5.82 Å². The van der Waals surface area contributed by atoms with Crippen molar-refractivity contribution in [3.05, 3.63) is 59.4 Å². The van der Waals surface area contributed by atoms with E-state index in [1.165, 1.54) is 0 Å². The summed E-state index contributed by atoms with van der Waals surface area (Å²) in [5.74, 6) is -1.81. The summed E-state index contributed by atoms with van der Waals surface area (Å²) in [5.41, 5.74) is 0.920. The summed E-state index contributed by atoms with van der Waals surface area (Å²) in [7, 11) is -1.68. The maximum Gasteiger partial charge on any atom is 0.337 e. The zero-order valence-electron chi connectivity index (χ0n) is 13.1. The Morgan fingerprint density at radius 3 is 2.26 bits per heavy atom. The first-order valence-corrected chi connectivity index (χ1v) is 8.15. The first-order chi connectivity index (χ1) is 10.7. The Hall–Kier alpha value is -2.21. The van der Waals surface area contributed by atoms with Gasteiger partial charge in [-0.1, -0.05) is 32.9 Å². The van der Waals surface area contributed by atoms with Crippen molar-refractivity contribution < 1.29 is 18.5 Å². The molecule has 2 rings (SSSR count). The van der Waals surface area contributed by atoms with Gasteiger partial charge in [0, 0.05) is 0 Å². The topological polar surface area (TPSA) is 66.4 Å². The van der Waals surface area contributed by atoms with Crippen LogP contribution in [0.15, 0.2) is 47.4 Å². The van der Waals surface area contributed by atoms with Gasteiger partial charge in [-0.2, -0.15) is 0 Å². The van der Waals surface area contributed by atoms with Crippen LogP contribution in [0.2, 0.25) is 0 Å². The summed E-state index contributed by atoms with van der Waals surface area (Å²) < 4.78 is 28.2. The first kappa shape index (κ1) is 17.1. The van der Waals surface area contributed by atoms with Crippen molar-refractivity contribution in [1.29, 1.82) is 0 Å². The number of rotatable bonds is 4. The fraction of sp³-hybridized carbons (Fsp3) is 0.235. The highest BCUT2D eigenvalue weighted by molar-refractivity contribution is 7.86. The highest BCUT2D eigenvalue weighted by atomic mass is 32.2. The van der Waals surface area contributed by atoms with E-state index in [2.05, 4.69) is 25.5 Å². The number of carboxylic acids is 1. The SMILES string of the molecule is CC(C)(C)c1ccc(S(=O)Nc2cc(F)ccc2C(=O)O)cc1. The fourth-order valence-corrected chi connectivity index (χ4v) is 2.89. The lowest BCUT2D eigenvalue weighted by molar-refractivity contribution is 0.0698. The average molecular weight is 335 g/mol. The second-order valence-corrected chi connectivity index (χ2v) is 7.35. The molecule has 0 fully saturated rings. The summed E-state index contributed by atoms with van der Waals surface area (Å²) in [5, 5.41) is 9.10. The van der Waals surface area contributed by atoms with Gasteiger partial charge in [-0.3, -0.25) is 0 Å². The number of carbonyl (C=O) groups is 1. The molecule has 0 aliphatic carbocycles. The Bertz CT molecular complexity index is 751. The van der Waals surface area contributed by atoms with Gasteiger partial charge in [-0.05, 0) is 41.3 Å². The number of hydrogen-bond acceptors (Lipinski definition) is 2. The predicted octanol–water partition coefficient (Wildman–Crippen LogP) is 3.96. The Balaban J connectivity index is 2.26. The summed E-state index contributed by atoms with van der Waals surface area (Å²) >= 11 is 0. The van der Waals surface area contributed by atoms with Gasteiger partial charge in [0.2, 0.25) is 0 Å². The molecule has 2 aromatic carbocycles. The highest BCUT2D eigenvalue weighted by Crippen LogP contribution is 2.24. The van der Waals surface area contributed by atoms with E-state index in [4.69, 9.17) is 5.11 Å². The summed E-state index contributed by atoms with van der Waals surface area (Å²) in [6.07, 6.45) is 0. The van der Waals surface area contributed by atoms with Crippen LogP contribution < -0.4 is 4.72 Å². The van der Waals surface area contributed by atoms with Crippen molar-refractivity contribution in [2.75, 3.05) is 4.72 Å². The van der Waals surface area contributed by atoms with E-state index < -0.39 is 22.8 Å². The van der Waals surface area contributed by atoms with Crippen LogP contribution in [0.25, 0.3) is 0 Å². The molecule has 6 heteroatoms. The summed E-state index contributed by atoms with van der Waals surface area (Å²) in [6, 6.07) is 10.4. The van der Waals surface area contributed by atoms with E-state index in [0.29, 0.717) is 4.90 Å². The molecule has 0 amide bonds. The van der Waals surface area contributed by atoms with Crippen molar-refractivity contribution in [2.45, 2.75) is 31.1 Å². The Morgan fingerprint density at radius 2 is 1.74 bits per heavy atom. The molecular weight excluding hydrogens is 317 g/mol. The van der Waals surface area contributed by atoms with Crippen LogP contribution in [0.5, 0.6) is 0 Å². The van der Waals surface area contributed by atoms with Gasteiger partial charge in [0.05, 0.1) is 16.1 Å². The molecule has 0 aliphatic rings. The molecule has 1 atom stereocenters. The molecule has 0 spiro atoms. The number of nitrogens with one attached hydrogen (secondary N) is 1. The number of benzene rings is 2. The summed E-state index contributed by atoms with van der Waals surface area (Å²) in [6.45, 7) is 6.22. The third-order valence-electron chi connectivity index (χ3n) is 3.35. The van der Waals surface area contributed by atoms with Crippen LogP contribution in [0.4, 0.5) is 10.1 Å². The monoisotopic (exact) mass is 335 g/mol. The standard InChI is InChI=1S/C17H18FNO3S/c1-17(2,3)11-4-7-13(8-5-11)23(22)19-15-10-12(18)6-9-14(15)16(20)21/h4-10,19H,1-3H3,(H,20,21). The van der Waals surface area contributed by atoms with Gasteiger partial charge in [-0.15, -0.1) is 0 Å². The molecule has 1 unspecified atom stereocenters. The van der Waals surface area contributed by atoms with Gasteiger partial charge >= 0.3 is 5.97 Å². The molecular formula is C17H18FNO3S. The van der Waals surface area contributed by atoms with Gasteiger partial charge in [-0.25, -0.2) is 13.4 Å². The lowest BCUT2D eigenvalue weighted by Crippen LogP contribution is -2.12. The lowest BCUT2D eigenvalue weighted by atomic mass is 9.87. The van der Waals surface area contributed by atoms with E-state index in [0.717, 1.165) is 23.8 Å². The van der Waals surface area contributed by atoms with Crippen LogP contribution in [0.3, 0.4) is 0 Å². The lowest BCUT2D eigenvalue weighted by Gasteiger charge is -2.19. The van der Waals surface area contributed by atoms with Crippen molar-refractivity contribution in [2.24, 2.45) is 0 Å². The van der Waals surface area contributed by atoms with Crippen molar-refractivity contribution >= 4 is 22.6 Å². The van der Waals surface area contributed by atoms with Gasteiger partial charge in [0.1, 0.15) is 16.8 Å². The molecule has 0 bridgehead atoms. The van der Waals surface area contributed by atoms with Gasteiger partial charge in [0.25, 0.3) is 0 Å². The molecule has 0 aromatic heterocycles. The maximum atomic E-state index is 13.3. The van der Waals surface area contributed by atoms with Crippen LogP contribution in [0.1, 0.15) is 36.7 Å². The van der Waals surface area contributed by atoms with E-state index >= 15 is 0 Å². The number of halogens is 1. The van der Waals surface area contributed by atoms with Gasteiger partial charge < -0.3 is 9.83 Å². The third kappa shape index (κ3) is 4.16. The molecule has 2 aromatic rings. The van der Waals surface area contributed by atoms with Crippen molar-refractivity contribution in [3.63, 3.8) is 0 Å². The zero-order chi connectivity index (χ0) is 17.2. The van der Waals surface area contributed by atoms with E-state index in [1.54, 1.807) is 12.1 Å². The van der Waals surface area contributed by atoms with E-state index in [9.17, 15) is 13.4 Å². The Kier molecular flexibility index (Phi) is 4.85. The summed E-state index contributed by atoms with van der Waals surface area (Å²) in [4.78, 5) is 11.6. The number of anilines is 1. The van der Waals surface area contributed by atoms with Crippen LogP contribution >= 0.6 is 0 Å². The second-order valence-electron chi connectivity index (χ2n) is 6.14. The third-order valence-corrected chi connectivity index (χ3v) is 4.45. The van der Waals surface area contributed by atoms with Crippen LogP contribution in [-0.2, 0) is 16.4 Å². The minimum absolute atomic E-state index is 0.0178. The molecule has 4 nitrogen and oxygen atoms in total. The molecule has 2 N–H and O–H groups in total. The molecule has 23 heavy (non-hydrogen) atoms. The van der Waals surface area contributed by atoms with E-state index in [1.807, 2.05) is 12.1 Å². The van der Waals surface area contributed by atoms with Crippen molar-refractivity contribution in [3.8, 4) is 0 Å². The normalized spacial score (nSPS) is 12.7. The molecule has 0 saturated carbocycles. The van der Waals surface area contributed by atoms with Crippen LogP contribution in [-0.4, -0.2) is 15.3 Å². The number of carboxylic acid groups (broad SMARTS) is 1. The minimum atomic E-state index is -1.68. The van der Waals surface area contributed by atoms with Gasteiger partial charge in [0.15, 0.2) is 0 Å². The Morgan fingerprint density at radius 1 is 1.13 bits per heavy atom.